The maximum absolute atomic E-state index is 12.4. The molecule has 0 radical (unpaired) electrons. The maximum Gasteiger partial charge on any atom is 0.257 e. The number of nitrogens with one attached hydrogen (secondary N) is 1. The molecule has 1 aromatic rings. The average Bonchev–Trinajstić information content (AvgIpc) is 2.85. The highest BCUT2D eigenvalue weighted by atomic mass is 32.2. The summed E-state index contributed by atoms with van der Waals surface area (Å²) in [7, 11) is 6.35. The van der Waals surface area contributed by atoms with Gasteiger partial charge in [-0.2, -0.15) is 0 Å². The van der Waals surface area contributed by atoms with E-state index in [1.54, 1.807) is 11.9 Å². The van der Waals surface area contributed by atoms with Crippen LogP contribution in [0, 0.1) is 5.92 Å². The third kappa shape index (κ3) is 10.6. The average molecular weight is 501 g/mol. The summed E-state index contributed by atoms with van der Waals surface area (Å²) in [5, 5.41) is 2.99. The zero-order valence-electron chi connectivity index (χ0n) is 22.1. The zero-order chi connectivity index (χ0) is 25.6. The van der Waals surface area contributed by atoms with Crippen molar-refractivity contribution in [2.45, 2.75) is 31.1 Å². The lowest BCUT2D eigenvalue weighted by Crippen LogP contribution is -2.35. The van der Waals surface area contributed by atoms with Gasteiger partial charge in [0.25, 0.3) is 5.91 Å². The summed E-state index contributed by atoms with van der Waals surface area (Å²) < 4.78 is 8.15. The Labute approximate surface area is 217 Å². The summed E-state index contributed by atoms with van der Waals surface area (Å²) in [6.45, 7) is 15.6. The number of amides is 1. The zero-order valence-corrected chi connectivity index (χ0v) is 22.9. The summed E-state index contributed by atoms with van der Waals surface area (Å²) in [5.74, 6) is 1.26. The van der Waals surface area contributed by atoms with Crippen LogP contribution in [-0.4, -0.2) is 87.0 Å². The first-order valence-corrected chi connectivity index (χ1v) is 13.3. The van der Waals surface area contributed by atoms with Crippen LogP contribution < -0.4 is 10.1 Å². The van der Waals surface area contributed by atoms with Gasteiger partial charge >= 0.3 is 0 Å². The quantitative estimate of drug-likeness (QED) is 0.267. The second-order valence-electron chi connectivity index (χ2n) is 9.36. The van der Waals surface area contributed by atoms with Gasteiger partial charge in [0.15, 0.2) is 6.61 Å². The molecule has 194 valence electrons. The fourth-order valence-electron chi connectivity index (χ4n) is 4.25. The minimum Gasteiger partial charge on any atom is -0.483 e. The molecule has 0 aliphatic carbocycles. The molecule has 0 saturated carbocycles. The highest BCUT2D eigenvalue weighted by Crippen LogP contribution is 2.31. The van der Waals surface area contributed by atoms with Crippen molar-refractivity contribution in [3.63, 3.8) is 0 Å². The molecule has 1 aromatic carbocycles. The Bertz CT molecular complexity index is 855. The van der Waals surface area contributed by atoms with Crippen LogP contribution in [0.25, 0.3) is 0 Å². The standard InChI is InChI=1S/C28H44N4O2S/c1-7-23(19-30(4)5)20-31(6)35-27-14-11-10-13-26(27)34-22-28(33)29-16-12-17-32-18-15-24(8-2)25(9-3)21-32/h8-11,13-14,23H,2-3,7,12,15-22H2,1,4-6H3,(H,29,33). The van der Waals surface area contributed by atoms with Crippen LogP contribution in [0.2, 0.25) is 0 Å². The Balaban J connectivity index is 1.73. The van der Waals surface area contributed by atoms with E-state index in [2.05, 4.69) is 60.6 Å². The van der Waals surface area contributed by atoms with Gasteiger partial charge in [0, 0.05) is 39.3 Å². The van der Waals surface area contributed by atoms with Crippen molar-refractivity contribution in [2.24, 2.45) is 5.92 Å². The van der Waals surface area contributed by atoms with E-state index in [0.717, 1.165) is 62.6 Å². The van der Waals surface area contributed by atoms with E-state index in [0.29, 0.717) is 12.5 Å². The van der Waals surface area contributed by atoms with Gasteiger partial charge in [-0.1, -0.05) is 50.8 Å². The van der Waals surface area contributed by atoms with Crippen molar-refractivity contribution in [3.05, 3.63) is 60.7 Å². The predicted octanol–water partition coefficient (Wildman–Crippen LogP) is 4.47. The van der Waals surface area contributed by atoms with Crippen molar-refractivity contribution in [2.75, 3.05) is 67.0 Å². The van der Waals surface area contributed by atoms with Gasteiger partial charge in [-0.15, -0.1) is 0 Å². The van der Waals surface area contributed by atoms with E-state index in [1.807, 2.05) is 36.4 Å². The number of carbonyl (C=O) groups excluding carboxylic acids is 1. The molecule has 1 heterocycles. The molecule has 35 heavy (non-hydrogen) atoms. The molecule has 1 atom stereocenters. The van der Waals surface area contributed by atoms with Gasteiger partial charge in [-0.25, -0.2) is 4.31 Å². The Kier molecular flexibility index (Phi) is 13.2. The molecule has 1 aliphatic rings. The molecule has 0 fully saturated rings. The smallest absolute Gasteiger partial charge is 0.257 e. The first kappa shape index (κ1) is 29.2. The number of ether oxygens (including phenoxy) is 1. The van der Waals surface area contributed by atoms with Crippen LogP contribution in [0.4, 0.5) is 0 Å². The molecule has 2 rings (SSSR count). The van der Waals surface area contributed by atoms with Crippen LogP contribution >= 0.6 is 11.9 Å². The third-order valence-corrected chi connectivity index (χ3v) is 7.14. The molecule has 0 aromatic heterocycles. The molecule has 1 aliphatic heterocycles. The van der Waals surface area contributed by atoms with E-state index < -0.39 is 0 Å². The van der Waals surface area contributed by atoms with Crippen molar-refractivity contribution in [1.82, 2.24) is 19.4 Å². The first-order valence-electron chi connectivity index (χ1n) is 12.6. The monoisotopic (exact) mass is 500 g/mol. The van der Waals surface area contributed by atoms with Gasteiger partial charge in [0.05, 0.1) is 4.90 Å². The largest absolute Gasteiger partial charge is 0.483 e. The summed E-state index contributed by atoms with van der Waals surface area (Å²) in [4.78, 5) is 18.0. The topological polar surface area (TPSA) is 48.1 Å². The summed E-state index contributed by atoms with van der Waals surface area (Å²) in [6, 6.07) is 7.93. The van der Waals surface area contributed by atoms with E-state index in [1.165, 1.54) is 11.1 Å². The van der Waals surface area contributed by atoms with Crippen molar-refractivity contribution in [3.8, 4) is 5.75 Å². The number of carbonyl (C=O) groups is 1. The van der Waals surface area contributed by atoms with E-state index in [4.69, 9.17) is 4.74 Å². The maximum atomic E-state index is 12.4. The molecule has 1 amide bonds. The number of hydrogen-bond acceptors (Lipinski definition) is 6. The number of hydrogen-bond donors (Lipinski definition) is 1. The highest BCUT2D eigenvalue weighted by Gasteiger charge is 2.16. The molecular formula is C28H44N4O2S. The summed E-state index contributed by atoms with van der Waals surface area (Å²) in [6.07, 6.45) is 6.93. The SMILES string of the molecule is C=CC1=C(C=C)CN(CCCNC(=O)COc2ccccc2SN(C)CC(CC)CN(C)C)CC1. The number of rotatable bonds is 16. The molecule has 1 N–H and O–H groups in total. The Hall–Kier alpha value is -2.06. The van der Waals surface area contributed by atoms with Gasteiger partial charge < -0.3 is 15.0 Å². The molecule has 6 nitrogen and oxygen atoms in total. The van der Waals surface area contributed by atoms with Crippen LogP contribution in [0.15, 0.2) is 65.6 Å². The minimum atomic E-state index is -0.0885. The Morgan fingerprint density at radius 3 is 2.63 bits per heavy atom. The Morgan fingerprint density at radius 2 is 1.94 bits per heavy atom. The fraction of sp³-hybridized carbons (Fsp3) is 0.536. The molecule has 1 unspecified atom stereocenters. The first-order chi connectivity index (χ1) is 16.9. The minimum absolute atomic E-state index is 0.0231. The summed E-state index contributed by atoms with van der Waals surface area (Å²) >= 11 is 1.67. The van der Waals surface area contributed by atoms with E-state index in [9.17, 15) is 4.79 Å². The third-order valence-electron chi connectivity index (χ3n) is 6.15. The van der Waals surface area contributed by atoms with Crippen LogP contribution in [0.3, 0.4) is 0 Å². The predicted molar refractivity (Wildman–Crippen MR) is 149 cm³/mol. The van der Waals surface area contributed by atoms with Crippen molar-refractivity contribution in [1.29, 1.82) is 0 Å². The van der Waals surface area contributed by atoms with Crippen LogP contribution in [0.1, 0.15) is 26.2 Å². The lowest BCUT2D eigenvalue weighted by atomic mass is 10.00. The van der Waals surface area contributed by atoms with Crippen LogP contribution in [0.5, 0.6) is 5.75 Å². The van der Waals surface area contributed by atoms with Crippen molar-refractivity contribution >= 4 is 17.9 Å². The highest BCUT2D eigenvalue weighted by molar-refractivity contribution is 7.97. The van der Waals surface area contributed by atoms with Crippen LogP contribution in [-0.2, 0) is 4.79 Å². The molecule has 0 bridgehead atoms. The van der Waals surface area contributed by atoms with E-state index in [-0.39, 0.29) is 12.5 Å². The summed E-state index contributed by atoms with van der Waals surface area (Å²) in [5.41, 5.74) is 2.55. The molecular weight excluding hydrogens is 456 g/mol. The number of benzene rings is 1. The lowest BCUT2D eigenvalue weighted by Gasteiger charge is -2.28. The number of nitrogens with zero attached hydrogens (tertiary/aromatic N) is 3. The van der Waals surface area contributed by atoms with Gasteiger partial charge in [-0.3, -0.25) is 9.69 Å². The van der Waals surface area contributed by atoms with Gasteiger partial charge in [0.2, 0.25) is 0 Å². The van der Waals surface area contributed by atoms with Gasteiger partial charge in [0.1, 0.15) is 5.75 Å². The number of allylic oxidation sites excluding steroid dienone is 1. The number of para-hydroxylation sites is 1. The second kappa shape index (κ2) is 15.8. The van der Waals surface area contributed by atoms with Gasteiger partial charge in [-0.05, 0) is 75.1 Å². The fourth-order valence-corrected chi connectivity index (χ4v) is 5.23. The Morgan fingerprint density at radius 1 is 1.20 bits per heavy atom. The lowest BCUT2D eigenvalue weighted by molar-refractivity contribution is -0.123. The van der Waals surface area contributed by atoms with Crippen molar-refractivity contribution < 1.29 is 9.53 Å². The molecule has 0 saturated heterocycles. The molecule has 7 heteroatoms. The second-order valence-corrected chi connectivity index (χ2v) is 10.6. The molecule has 0 spiro atoms. The van der Waals surface area contributed by atoms with E-state index >= 15 is 0 Å². The normalized spacial score (nSPS) is 15.4.